The van der Waals surface area contributed by atoms with E-state index in [4.69, 9.17) is 9.47 Å². The van der Waals surface area contributed by atoms with Crippen molar-refractivity contribution in [1.82, 2.24) is 4.90 Å². The van der Waals surface area contributed by atoms with Gasteiger partial charge in [0.25, 0.3) is 11.8 Å². The molecule has 30 heavy (non-hydrogen) atoms. The summed E-state index contributed by atoms with van der Waals surface area (Å²) in [6.07, 6.45) is 3.25. The lowest BCUT2D eigenvalue weighted by Gasteiger charge is -2.40. The smallest absolute Gasteiger partial charge is 0.281 e. The Balaban J connectivity index is 1.98. The zero-order valence-electron chi connectivity index (χ0n) is 19.3. The summed E-state index contributed by atoms with van der Waals surface area (Å²) in [5.74, 6) is 1.25. The molecule has 7 heteroatoms. The Morgan fingerprint density at radius 3 is 2.33 bits per heavy atom. The first kappa shape index (κ1) is 24.0. The van der Waals surface area contributed by atoms with Crippen molar-refractivity contribution in [3.8, 4) is 11.5 Å². The summed E-state index contributed by atoms with van der Waals surface area (Å²) in [4.78, 5) is 28.5. The molecule has 1 aliphatic rings. The Labute approximate surface area is 180 Å². The number of likely N-dealkylation sites (N-methyl/N-ethyl adjacent to an activating group) is 1. The van der Waals surface area contributed by atoms with Gasteiger partial charge in [-0.25, -0.2) is 0 Å². The molecule has 2 N–H and O–H groups in total. The van der Waals surface area contributed by atoms with Crippen LogP contribution < -0.4 is 19.7 Å². The summed E-state index contributed by atoms with van der Waals surface area (Å²) in [7, 11) is 1.89. The molecule has 1 unspecified atom stereocenters. The number of ether oxygens (including phenoxy) is 2. The fourth-order valence-electron chi connectivity index (χ4n) is 4.03. The van der Waals surface area contributed by atoms with Crippen LogP contribution in [-0.4, -0.2) is 61.6 Å². The first-order chi connectivity index (χ1) is 14.3. The lowest BCUT2D eigenvalue weighted by molar-refractivity contribution is -0.886. The molecule has 0 aliphatic carbocycles. The number of hydrogen-bond donors (Lipinski definition) is 2. The van der Waals surface area contributed by atoms with Crippen LogP contribution in [0.15, 0.2) is 18.2 Å². The molecular formula is C23H38N3O4+. The van der Waals surface area contributed by atoms with Crippen LogP contribution >= 0.6 is 0 Å². The highest BCUT2D eigenvalue weighted by atomic mass is 16.5. The largest absolute Gasteiger partial charge is 0.490 e. The maximum absolute atomic E-state index is 13.1. The van der Waals surface area contributed by atoms with E-state index in [-0.39, 0.29) is 36.5 Å². The normalized spacial score (nSPS) is 20.9. The van der Waals surface area contributed by atoms with Crippen LogP contribution in [0, 0.1) is 0 Å². The summed E-state index contributed by atoms with van der Waals surface area (Å²) >= 11 is 0. The number of likely N-dealkylation sites (tertiary alicyclic amines) is 1. The molecule has 1 aromatic carbocycles. The molecule has 4 atom stereocenters. The van der Waals surface area contributed by atoms with E-state index in [0.717, 1.165) is 24.2 Å². The molecule has 1 heterocycles. The number of nitrogens with one attached hydrogen (secondary N) is 2. The van der Waals surface area contributed by atoms with E-state index in [1.54, 1.807) is 18.2 Å². The first-order valence-electron chi connectivity index (χ1n) is 11.1. The fraction of sp³-hybridized carbons (Fsp3) is 0.652. The standard InChI is InChI=1S/C23H37N3O4/c1-7-29-20-13-12-19(14-21(20)30-8-2)24-22(27)15-25(6)18(5)23(28)26-16(3)10-9-11-17(26)4/h12-14,16-18H,7-11,15H2,1-6H3,(H,24,27)/p+1/t16-,17+,18-/m0/s1. The number of benzene rings is 1. The number of hydrogen-bond acceptors (Lipinski definition) is 4. The van der Waals surface area contributed by atoms with Crippen molar-refractivity contribution in [2.24, 2.45) is 0 Å². The van der Waals surface area contributed by atoms with Crippen molar-refractivity contribution in [2.45, 2.75) is 72.0 Å². The van der Waals surface area contributed by atoms with Crippen LogP contribution in [0.2, 0.25) is 0 Å². The van der Waals surface area contributed by atoms with Gasteiger partial charge in [-0.15, -0.1) is 0 Å². The Morgan fingerprint density at radius 1 is 1.13 bits per heavy atom. The van der Waals surface area contributed by atoms with Crippen LogP contribution in [0.5, 0.6) is 11.5 Å². The molecule has 0 aromatic heterocycles. The number of anilines is 1. The molecule has 1 saturated heterocycles. The van der Waals surface area contributed by atoms with Gasteiger partial charge in [-0.05, 0) is 66.0 Å². The number of carbonyl (C=O) groups excluding carboxylic acids is 2. The lowest BCUT2D eigenvalue weighted by Crippen LogP contribution is -3.15. The molecule has 1 aromatic rings. The van der Waals surface area contributed by atoms with E-state index in [1.807, 2.05) is 32.7 Å². The van der Waals surface area contributed by atoms with Gasteiger partial charge in [0.1, 0.15) is 0 Å². The van der Waals surface area contributed by atoms with Gasteiger partial charge in [-0.2, -0.15) is 0 Å². The summed E-state index contributed by atoms with van der Waals surface area (Å²) in [6, 6.07) is 5.60. The van der Waals surface area contributed by atoms with E-state index in [2.05, 4.69) is 19.2 Å². The Hall–Kier alpha value is -2.28. The van der Waals surface area contributed by atoms with E-state index < -0.39 is 0 Å². The third-order valence-corrected chi connectivity index (χ3v) is 5.82. The molecule has 168 valence electrons. The quantitative estimate of drug-likeness (QED) is 0.642. The number of quaternary nitrogens is 1. The van der Waals surface area contributed by atoms with Crippen molar-refractivity contribution >= 4 is 17.5 Å². The van der Waals surface area contributed by atoms with Gasteiger partial charge in [0.15, 0.2) is 24.1 Å². The maximum Gasteiger partial charge on any atom is 0.281 e. The van der Waals surface area contributed by atoms with E-state index >= 15 is 0 Å². The predicted molar refractivity (Wildman–Crippen MR) is 118 cm³/mol. The number of piperidine rings is 1. The second kappa shape index (κ2) is 11.2. The third kappa shape index (κ3) is 6.11. The van der Waals surface area contributed by atoms with Crippen LogP contribution in [-0.2, 0) is 9.59 Å². The van der Waals surface area contributed by atoms with Crippen LogP contribution in [0.25, 0.3) is 0 Å². The second-order valence-corrected chi connectivity index (χ2v) is 8.19. The van der Waals surface area contributed by atoms with Crippen molar-refractivity contribution in [2.75, 3.05) is 32.1 Å². The molecule has 1 aliphatic heterocycles. The van der Waals surface area contributed by atoms with Crippen molar-refractivity contribution in [1.29, 1.82) is 0 Å². The summed E-state index contributed by atoms with van der Waals surface area (Å²) in [5, 5.41) is 2.91. The fourth-order valence-corrected chi connectivity index (χ4v) is 4.03. The highest BCUT2D eigenvalue weighted by Crippen LogP contribution is 2.30. The molecular weight excluding hydrogens is 382 g/mol. The van der Waals surface area contributed by atoms with Crippen LogP contribution in [0.1, 0.15) is 53.9 Å². The Bertz CT molecular complexity index is 714. The summed E-state index contributed by atoms with van der Waals surface area (Å²) in [6.45, 7) is 11.2. The van der Waals surface area contributed by atoms with Gasteiger partial charge >= 0.3 is 0 Å². The van der Waals surface area contributed by atoms with Gasteiger partial charge in [0, 0.05) is 23.8 Å². The number of amides is 2. The molecule has 0 bridgehead atoms. The minimum absolute atomic E-state index is 0.125. The Kier molecular flexibility index (Phi) is 8.96. The predicted octanol–water partition coefficient (Wildman–Crippen LogP) is 2.12. The van der Waals surface area contributed by atoms with Gasteiger partial charge in [0.05, 0.1) is 20.3 Å². The summed E-state index contributed by atoms with van der Waals surface area (Å²) in [5.41, 5.74) is 0.650. The maximum atomic E-state index is 13.1. The highest BCUT2D eigenvalue weighted by molar-refractivity contribution is 5.92. The average Bonchev–Trinajstić information content (AvgIpc) is 2.69. The summed E-state index contributed by atoms with van der Waals surface area (Å²) < 4.78 is 11.2. The van der Waals surface area contributed by atoms with Crippen molar-refractivity contribution in [3.63, 3.8) is 0 Å². The lowest BCUT2D eigenvalue weighted by atomic mass is 9.96. The van der Waals surface area contributed by atoms with Gasteiger partial charge in [-0.3, -0.25) is 9.59 Å². The van der Waals surface area contributed by atoms with E-state index in [9.17, 15) is 9.59 Å². The van der Waals surface area contributed by atoms with E-state index in [1.165, 1.54) is 0 Å². The number of rotatable bonds is 9. The van der Waals surface area contributed by atoms with Crippen molar-refractivity contribution < 1.29 is 24.0 Å². The average molecular weight is 421 g/mol. The van der Waals surface area contributed by atoms with E-state index in [0.29, 0.717) is 30.4 Å². The molecule has 0 saturated carbocycles. The third-order valence-electron chi connectivity index (χ3n) is 5.82. The SMILES string of the molecule is CCOc1ccc(NC(=O)C[NH+](C)[C@@H](C)C(=O)N2[C@H](C)CCC[C@@H]2C)cc1OCC. The second-order valence-electron chi connectivity index (χ2n) is 8.19. The zero-order valence-corrected chi connectivity index (χ0v) is 19.3. The monoisotopic (exact) mass is 420 g/mol. The number of nitrogens with zero attached hydrogens (tertiary/aromatic N) is 1. The van der Waals surface area contributed by atoms with Crippen LogP contribution in [0.4, 0.5) is 5.69 Å². The van der Waals surface area contributed by atoms with Crippen molar-refractivity contribution in [3.05, 3.63) is 18.2 Å². The molecule has 1 fully saturated rings. The number of carbonyl (C=O) groups is 2. The highest BCUT2D eigenvalue weighted by Gasteiger charge is 2.35. The first-order valence-corrected chi connectivity index (χ1v) is 11.1. The van der Waals surface area contributed by atoms with Crippen LogP contribution in [0.3, 0.4) is 0 Å². The topological polar surface area (TPSA) is 72.3 Å². The zero-order chi connectivity index (χ0) is 22.3. The van der Waals surface area contributed by atoms with Gasteiger partial charge in [0.2, 0.25) is 0 Å². The molecule has 2 amide bonds. The Morgan fingerprint density at radius 2 is 1.73 bits per heavy atom. The molecule has 0 spiro atoms. The molecule has 2 rings (SSSR count). The molecule has 0 radical (unpaired) electrons. The minimum atomic E-state index is -0.280. The minimum Gasteiger partial charge on any atom is -0.490 e. The van der Waals surface area contributed by atoms with Gasteiger partial charge in [-0.1, -0.05) is 0 Å². The van der Waals surface area contributed by atoms with Gasteiger partial charge < -0.3 is 24.6 Å². The molecule has 7 nitrogen and oxygen atoms in total.